The molecule has 0 N–H and O–H groups in total. The number of rotatable bonds is 6. The SMILES string of the molecule is CCn1ncc(Br)c1CN(C)C(=O)c1cccc(OC(F)F)c1. The molecule has 0 atom stereocenters. The number of carbonyl (C=O) groups is 1. The number of ether oxygens (including phenoxy) is 1. The van der Waals surface area contributed by atoms with Gasteiger partial charge >= 0.3 is 6.61 Å². The molecule has 1 heterocycles. The van der Waals surface area contributed by atoms with E-state index >= 15 is 0 Å². The van der Waals surface area contributed by atoms with E-state index in [0.29, 0.717) is 13.1 Å². The van der Waals surface area contributed by atoms with Gasteiger partial charge in [0.05, 0.1) is 22.9 Å². The van der Waals surface area contributed by atoms with Crippen molar-refractivity contribution in [1.82, 2.24) is 14.7 Å². The molecule has 0 saturated carbocycles. The molecule has 1 aromatic carbocycles. The molecular weight excluding hydrogens is 372 g/mol. The van der Waals surface area contributed by atoms with Crippen molar-refractivity contribution in [3.63, 3.8) is 0 Å². The van der Waals surface area contributed by atoms with E-state index < -0.39 is 6.61 Å². The zero-order valence-electron chi connectivity index (χ0n) is 12.7. The van der Waals surface area contributed by atoms with Gasteiger partial charge in [0.25, 0.3) is 5.91 Å². The summed E-state index contributed by atoms with van der Waals surface area (Å²) in [6.45, 7) is 0.0528. The van der Waals surface area contributed by atoms with Crippen LogP contribution in [-0.4, -0.2) is 34.2 Å². The third-order valence-corrected chi connectivity index (χ3v) is 3.90. The Bertz CT molecular complexity index is 691. The molecule has 0 aliphatic rings. The number of aryl methyl sites for hydroxylation is 1. The van der Waals surface area contributed by atoms with E-state index in [0.717, 1.165) is 10.2 Å². The number of nitrogens with zero attached hydrogens (tertiary/aromatic N) is 3. The van der Waals surface area contributed by atoms with Crippen molar-refractivity contribution in [1.29, 1.82) is 0 Å². The molecule has 2 rings (SSSR count). The summed E-state index contributed by atoms with van der Waals surface area (Å²) in [4.78, 5) is 14.0. The highest BCUT2D eigenvalue weighted by Gasteiger charge is 2.17. The summed E-state index contributed by atoms with van der Waals surface area (Å²) in [5.74, 6) is -0.334. The highest BCUT2D eigenvalue weighted by atomic mass is 79.9. The van der Waals surface area contributed by atoms with Crippen LogP contribution in [0.3, 0.4) is 0 Å². The number of hydrogen-bond donors (Lipinski definition) is 0. The fourth-order valence-corrected chi connectivity index (χ4v) is 2.56. The fourth-order valence-electron chi connectivity index (χ4n) is 2.14. The Labute approximate surface area is 141 Å². The number of alkyl halides is 2. The molecule has 0 radical (unpaired) electrons. The van der Waals surface area contributed by atoms with Crippen molar-refractivity contribution in [3.05, 3.63) is 46.2 Å². The summed E-state index contributed by atoms with van der Waals surface area (Å²) in [6, 6.07) is 5.75. The van der Waals surface area contributed by atoms with Crippen LogP contribution in [0, 0.1) is 0 Å². The van der Waals surface area contributed by atoms with Crippen molar-refractivity contribution >= 4 is 21.8 Å². The molecule has 124 valence electrons. The van der Waals surface area contributed by atoms with E-state index in [2.05, 4.69) is 25.8 Å². The van der Waals surface area contributed by atoms with Crippen LogP contribution in [0.4, 0.5) is 8.78 Å². The molecule has 0 aliphatic heterocycles. The van der Waals surface area contributed by atoms with Gasteiger partial charge in [-0.3, -0.25) is 9.48 Å². The molecule has 8 heteroatoms. The van der Waals surface area contributed by atoms with Gasteiger partial charge in [0.1, 0.15) is 5.75 Å². The Morgan fingerprint density at radius 3 is 2.87 bits per heavy atom. The Hall–Kier alpha value is -1.96. The second-order valence-electron chi connectivity index (χ2n) is 4.82. The number of halogens is 3. The lowest BCUT2D eigenvalue weighted by molar-refractivity contribution is -0.0499. The van der Waals surface area contributed by atoms with Crippen molar-refractivity contribution in [2.45, 2.75) is 26.6 Å². The Morgan fingerprint density at radius 1 is 1.48 bits per heavy atom. The van der Waals surface area contributed by atoms with Crippen molar-refractivity contribution in [2.75, 3.05) is 7.05 Å². The summed E-state index contributed by atoms with van der Waals surface area (Å²) in [7, 11) is 1.64. The quantitative estimate of drug-likeness (QED) is 0.761. The maximum Gasteiger partial charge on any atom is 0.387 e. The summed E-state index contributed by atoms with van der Waals surface area (Å²) >= 11 is 3.41. The lowest BCUT2D eigenvalue weighted by Crippen LogP contribution is -2.27. The number of amides is 1. The lowest BCUT2D eigenvalue weighted by Gasteiger charge is -2.18. The van der Waals surface area contributed by atoms with Crippen LogP contribution in [0.25, 0.3) is 0 Å². The first-order chi connectivity index (χ1) is 10.9. The van der Waals surface area contributed by atoms with Gasteiger partial charge in [-0.2, -0.15) is 13.9 Å². The van der Waals surface area contributed by atoms with Crippen LogP contribution in [0.1, 0.15) is 23.0 Å². The van der Waals surface area contributed by atoms with E-state index in [-0.39, 0.29) is 17.2 Å². The fraction of sp³-hybridized carbons (Fsp3) is 0.333. The zero-order chi connectivity index (χ0) is 17.0. The minimum Gasteiger partial charge on any atom is -0.435 e. The monoisotopic (exact) mass is 387 g/mol. The van der Waals surface area contributed by atoms with E-state index in [4.69, 9.17) is 0 Å². The van der Waals surface area contributed by atoms with Gasteiger partial charge in [-0.15, -0.1) is 0 Å². The van der Waals surface area contributed by atoms with Crippen LogP contribution < -0.4 is 4.74 Å². The highest BCUT2D eigenvalue weighted by Crippen LogP contribution is 2.20. The van der Waals surface area contributed by atoms with E-state index in [1.54, 1.807) is 24.0 Å². The summed E-state index contributed by atoms with van der Waals surface area (Å²) in [6.07, 6.45) is 1.67. The summed E-state index contributed by atoms with van der Waals surface area (Å²) in [5, 5.41) is 4.19. The van der Waals surface area contributed by atoms with Gasteiger partial charge in [-0.25, -0.2) is 0 Å². The average Bonchev–Trinajstić information content (AvgIpc) is 2.86. The first-order valence-electron chi connectivity index (χ1n) is 6.93. The molecule has 0 unspecified atom stereocenters. The molecule has 1 aromatic heterocycles. The van der Waals surface area contributed by atoms with Crippen LogP contribution in [-0.2, 0) is 13.1 Å². The Morgan fingerprint density at radius 2 is 2.22 bits per heavy atom. The normalized spacial score (nSPS) is 10.9. The maximum absolute atomic E-state index is 12.5. The number of benzene rings is 1. The van der Waals surface area contributed by atoms with Gasteiger partial charge in [-0.05, 0) is 41.1 Å². The number of aromatic nitrogens is 2. The molecular formula is C15H16BrF2N3O2. The minimum atomic E-state index is -2.92. The first-order valence-corrected chi connectivity index (χ1v) is 7.72. The summed E-state index contributed by atoms with van der Waals surface area (Å²) in [5.41, 5.74) is 1.15. The van der Waals surface area contributed by atoms with Crippen LogP contribution in [0.15, 0.2) is 34.9 Å². The standard InChI is InChI=1S/C15H16BrF2N3O2/c1-3-21-13(12(16)8-19-21)9-20(2)14(22)10-5-4-6-11(7-10)23-15(17)18/h4-8,15H,3,9H2,1-2H3. The third-order valence-electron chi connectivity index (χ3n) is 3.24. The van der Waals surface area contributed by atoms with E-state index in [9.17, 15) is 13.6 Å². The van der Waals surface area contributed by atoms with Gasteiger partial charge in [0.2, 0.25) is 0 Å². The molecule has 0 bridgehead atoms. The second kappa shape index (κ2) is 7.54. The molecule has 0 spiro atoms. The predicted octanol–water partition coefficient (Wildman–Crippen LogP) is 3.54. The van der Waals surface area contributed by atoms with Crippen molar-refractivity contribution < 1.29 is 18.3 Å². The third kappa shape index (κ3) is 4.28. The largest absolute Gasteiger partial charge is 0.435 e. The van der Waals surface area contributed by atoms with Gasteiger partial charge < -0.3 is 9.64 Å². The topological polar surface area (TPSA) is 47.4 Å². The van der Waals surface area contributed by atoms with Gasteiger partial charge in [0, 0.05) is 19.2 Å². The number of hydrogen-bond acceptors (Lipinski definition) is 3. The van der Waals surface area contributed by atoms with Crippen molar-refractivity contribution in [3.8, 4) is 5.75 Å². The first kappa shape index (κ1) is 17.4. The molecule has 0 fully saturated rings. The molecule has 0 saturated heterocycles. The molecule has 5 nitrogen and oxygen atoms in total. The summed E-state index contributed by atoms with van der Waals surface area (Å²) < 4.78 is 31.4. The maximum atomic E-state index is 12.5. The van der Waals surface area contributed by atoms with Crippen molar-refractivity contribution in [2.24, 2.45) is 0 Å². The van der Waals surface area contributed by atoms with Gasteiger partial charge in [0.15, 0.2) is 0 Å². The van der Waals surface area contributed by atoms with Gasteiger partial charge in [-0.1, -0.05) is 6.07 Å². The van der Waals surface area contributed by atoms with Crippen LogP contribution >= 0.6 is 15.9 Å². The Balaban J connectivity index is 2.15. The van der Waals surface area contributed by atoms with E-state index in [1.165, 1.54) is 23.1 Å². The highest BCUT2D eigenvalue weighted by molar-refractivity contribution is 9.10. The molecule has 23 heavy (non-hydrogen) atoms. The minimum absolute atomic E-state index is 0.0426. The smallest absolute Gasteiger partial charge is 0.387 e. The second-order valence-corrected chi connectivity index (χ2v) is 5.68. The predicted molar refractivity (Wildman–Crippen MR) is 84.5 cm³/mol. The van der Waals surface area contributed by atoms with Crippen LogP contribution in [0.2, 0.25) is 0 Å². The average molecular weight is 388 g/mol. The van der Waals surface area contributed by atoms with Crippen LogP contribution in [0.5, 0.6) is 5.75 Å². The molecule has 0 aliphatic carbocycles. The molecule has 2 aromatic rings. The lowest BCUT2D eigenvalue weighted by atomic mass is 10.2. The molecule has 1 amide bonds. The van der Waals surface area contributed by atoms with E-state index in [1.807, 2.05) is 6.92 Å². The number of carbonyl (C=O) groups excluding carboxylic acids is 1. The Kier molecular flexibility index (Phi) is 5.70. The zero-order valence-corrected chi connectivity index (χ0v) is 14.3.